The molecule has 0 aliphatic rings. The van der Waals surface area contributed by atoms with Crippen molar-refractivity contribution in [2.75, 3.05) is 19.6 Å². The lowest BCUT2D eigenvalue weighted by Crippen LogP contribution is -2.48. The zero-order valence-corrected chi connectivity index (χ0v) is 28.5. The third-order valence-electron chi connectivity index (χ3n) is 8.20. The van der Waals surface area contributed by atoms with Crippen LogP contribution >= 0.6 is 0 Å². The second-order valence-corrected chi connectivity index (χ2v) is 12.5. The van der Waals surface area contributed by atoms with Crippen LogP contribution in [0.2, 0.25) is 0 Å². The number of amides is 2. The molecule has 258 valence electrons. The van der Waals surface area contributed by atoms with Crippen molar-refractivity contribution in [2.45, 2.75) is 97.2 Å². The molecule has 9 heteroatoms. The summed E-state index contributed by atoms with van der Waals surface area (Å²) in [4.78, 5) is 28.7. The number of aryl methyl sites for hydroxylation is 2. The van der Waals surface area contributed by atoms with E-state index in [2.05, 4.69) is 28.8 Å². The van der Waals surface area contributed by atoms with E-state index in [9.17, 15) is 23.5 Å². The highest BCUT2D eigenvalue weighted by Crippen LogP contribution is 2.17. The number of nitriles is 1. The van der Waals surface area contributed by atoms with Gasteiger partial charge in [-0.15, -0.1) is 0 Å². The van der Waals surface area contributed by atoms with E-state index < -0.39 is 29.7 Å². The number of benzene rings is 3. The molecule has 3 N–H and O–H groups in total. The fourth-order valence-corrected chi connectivity index (χ4v) is 5.88. The van der Waals surface area contributed by atoms with Gasteiger partial charge in [-0.3, -0.25) is 9.59 Å². The van der Waals surface area contributed by atoms with Gasteiger partial charge in [-0.05, 0) is 98.0 Å². The maximum atomic E-state index is 14.1. The summed E-state index contributed by atoms with van der Waals surface area (Å²) in [6.07, 6.45) is 6.19. The molecule has 0 spiro atoms. The third kappa shape index (κ3) is 12.8. The number of nitrogens with zero attached hydrogens (tertiary/aromatic N) is 2. The molecule has 2 amide bonds. The number of carbonyl (C=O) groups is 2. The van der Waals surface area contributed by atoms with Gasteiger partial charge in [-0.1, -0.05) is 51.0 Å². The van der Waals surface area contributed by atoms with Gasteiger partial charge in [0.2, 0.25) is 0 Å². The van der Waals surface area contributed by atoms with Crippen molar-refractivity contribution in [3.63, 3.8) is 0 Å². The van der Waals surface area contributed by atoms with E-state index in [-0.39, 0.29) is 24.4 Å². The fraction of sp³-hybridized carbons (Fsp3) is 0.462. The van der Waals surface area contributed by atoms with Crippen molar-refractivity contribution in [3.05, 3.63) is 106 Å². The first kappa shape index (κ1) is 38.3. The normalized spacial score (nSPS) is 12.3. The van der Waals surface area contributed by atoms with E-state index in [1.54, 1.807) is 23.1 Å². The molecule has 48 heavy (non-hydrogen) atoms. The summed E-state index contributed by atoms with van der Waals surface area (Å²) in [6, 6.07) is 17.7. The molecule has 0 heterocycles. The molecule has 0 aromatic heterocycles. The average molecular weight is 661 g/mol. The lowest BCUT2D eigenvalue weighted by atomic mass is 9.99. The lowest BCUT2D eigenvalue weighted by Gasteiger charge is -2.25. The monoisotopic (exact) mass is 660 g/mol. The number of hydrogen-bond donors (Lipinski definition) is 3. The van der Waals surface area contributed by atoms with Gasteiger partial charge in [0, 0.05) is 49.8 Å². The van der Waals surface area contributed by atoms with Crippen LogP contribution in [0.15, 0.2) is 60.7 Å². The molecule has 0 bridgehead atoms. The van der Waals surface area contributed by atoms with Crippen LogP contribution in [0.5, 0.6) is 0 Å². The Labute approximate surface area is 284 Å². The molecule has 0 saturated heterocycles. The van der Waals surface area contributed by atoms with E-state index in [0.717, 1.165) is 62.1 Å². The molecule has 3 aromatic carbocycles. The zero-order valence-electron chi connectivity index (χ0n) is 28.5. The Hall–Kier alpha value is -4.13. The van der Waals surface area contributed by atoms with Crippen LogP contribution in [-0.4, -0.2) is 53.6 Å². The summed E-state index contributed by atoms with van der Waals surface area (Å²) >= 11 is 0. The highest BCUT2D eigenvalue weighted by Gasteiger charge is 2.24. The van der Waals surface area contributed by atoms with Crippen LogP contribution in [0.4, 0.5) is 8.78 Å². The molecule has 7 nitrogen and oxygen atoms in total. The molecule has 0 saturated carbocycles. The minimum atomic E-state index is -1.09. The molecule has 2 atom stereocenters. The Balaban J connectivity index is 1.71. The summed E-state index contributed by atoms with van der Waals surface area (Å²) in [5.41, 5.74) is 3.99. The molecular weight excluding hydrogens is 610 g/mol. The number of unbranched alkanes of at least 4 members (excludes halogenated alkanes) is 4. The summed E-state index contributed by atoms with van der Waals surface area (Å²) in [5.74, 6) is -2.12. The third-order valence-corrected chi connectivity index (χ3v) is 8.20. The van der Waals surface area contributed by atoms with E-state index in [4.69, 9.17) is 5.26 Å². The Morgan fingerprint density at radius 2 is 1.54 bits per heavy atom. The Bertz CT molecular complexity index is 1500. The number of nitrogens with one attached hydrogen (secondary N) is 2. The van der Waals surface area contributed by atoms with Crippen molar-refractivity contribution >= 4 is 11.8 Å². The van der Waals surface area contributed by atoms with Gasteiger partial charge >= 0.3 is 0 Å². The summed E-state index contributed by atoms with van der Waals surface area (Å²) in [6.45, 7) is 7.66. The van der Waals surface area contributed by atoms with Crippen molar-refractivity contribution in [1.29, 1.82) is 5.26 Å². The maximum absolute atomic E-state index is 14.1. The molecule has 0 radical (unpaired) electrons. The first-order valence-corrected chi connectivity index (χ1v) is 17.1. The second-order valence-electron chi connectivity index (χ2n) is 12.5. The molecule has 0 aliphatic heterocycles. The number of carbonyl (C=O) groups excluding carboxylic acids is 2. The summed E-state index contributed by atoms with van der Waals surface area (Å²) in [5, 5.41) is 26.1. The molecule has 3 aromatic rings. The SMILES string of the molecule is CCCN(CCC)C(=O)c1cc(C)cc(C(=O)N[C@@H](Cc2cc(F)cc(F)c2)[C@H](O)CNCc2cccc(CCCCCCC#N)c2)c1. The van der Waals surface area contributed by atoms with E-state index in [1.165, 1.54) is 17.7 Å². The van der Waals surface area contributed by atoms with Crippen molar-refractivity contribution in [2.24, 2.45) is 0 Å². The smallest absolute Gasteiger partial charge is 0.253 e. The molecule has 3 rings (SSSR count). The van der Waals surface area contributed by atoms with Crippen LogP contribution in [0, 0.1) is 29.9 Å². The molecule has 0 aliphatic carbocycles. The molecule has 0 fully saturated rings. The minimum Gasteiger partial charge on any atom is -0.390 e. The first-order chi connectivity index (χ1) is 23.1. The van der Waals surface area contributed by atoms with Gasteiger partial charge in [0.25, 0.3) is 11.8 Å². The molecular formula is C39H50F2N4O3. The fourth-order valence-electron chi connectivity index (χ4n) is 5.88. The van der Waals surface area contributed by atoms with Crippen LogP contribution in [0.25, 0.3) is 0 Å². The van der Waals surface area contributed by atoms with Crippen LogP contribution in [0.3, 0.4) is 0 Å². The van der Waals surface area contributed by atoms with E-state index in [1.807, 2.05) is 32.9 Å². The number of halogens is 2. The summed E-state index contributed by atoms with van der Waals surface area (Å²) < 4.78 is 28.1. The first-order valence-electron chi connectivity index (χ1n) is 17.1. The molecule has 0 unspecified atom stereocenters. The maximum Gasteiger partial charge on any atom is 0.253 e. The largest absolute Gasteiger partial charge is 0.390 e. The van der Waals surface area contributed by atoms with Crippen molar-refractivity contribution < 1.29 is 23.5 Å². The number of aliphatic hydroxyl groups is 1. The highest BCUT2D eigenvalue weighted by molar-refractivity contribution is 6.00. The predicted molar refractivity (Wildman–Crippen MR) is 186 cm³/mol. The standard InChI is InChI=1S/C39H50F2N4O3/c1-4-16-45(17-5-2)39(48)33-19-28(3)18-32(24-33)38(47)44-36(23-31-21-34(40)25-35(41)22-31)37(46)27-43-26-30-14-11-13-29(20-30)12-9-7-6-8-10-15-42/h11,13-14,18-22,24-25,36-37,43,46H,4-10,12,16-17,23,26-27H2,1-3H3,(H,44,47)/t36-,37+/m0/s1. The number of aliphatic hydroxyl groups excluding tert-OH is 1. The van der Waals surface area contributed by atoms with Crippen molar-refractivity contribution in [3.8, 4) is 6.07 Å². The van der Waals surface area contributed by atoms with Crippen LogP contribution < -0.4 is 10.6 Å². The van der Waals surface area contributed by atoms with Gasteiger partial charge in [0.05, 0.1) is 18.2 Å². The van der Waals surface area contributed by atoms with E-state index in [0.29, 0.717) is 37.2 Å². The number of rotatable bonds is 20. The second kappa shape index (κ2) is 20.3. The van der Waals surface area contributed by atoms with Gasteiger partial charge in [0.1, 0.15) is 11.6 Å². The average Bonchev–Trinajstić information content (AvgIpc) is 3.05. The van der Waals surface area contributed by atoms with Gasteiger partial charge in [0.15, 0.2) is 0 Å². The number of hydrogen-bond acceptors (Lipinski definition) is 5. The van der Waals surface area contributed by atoms with Crippen LogP contribution in [0.1, 0.15) is 102 Å². The quantitative estimate of drug-likeness (QED) is 0.113. The van der Waals surface area contributed by atoms with Crippen molar-refractivity contribution in [1.82, 2.24) is 15.5 Å². The minimum absolute atomic E-state index is 0.00843. The van der Waals surface area contributed by atoms with Gasteiger partial charge < -0.3 is 20.6 Å². The Morgan fingerprint density at radius 3 is 2.23 bits per heavy atom. The van der Waals surface area contributed by atoms with Gasteiger partial charge in [-0.2, -0.15) is 5.26 Å². The zero-order chi connectivity index (χ0) is 34.9. The van der Waals surface area contributed by atoms with Crippen LogP contribution in [-0.2, 0) is 19.4 Å². The van der Waals surface area contributed by atoms with E-state index >= 15 is 0 Å². The van der Waals surface area contributed by atoms with Gasteiger partial charge in [-0.25, -0.2) is 8.78 Å². The summed E-state index contributed by atoms with van der Waals surface area (Å²) in [7, 11) is 0. The lowest BCUT2D eigenvalue weighted by molar-refractivity contribution is 0.0755. The highest BCUT2D eigenvalue weighted by atomic mass is 19.1. The topological polar surface area (TPSA) is 105 Å². The predicted octanol–water partition coefficient (Wildman–Crippen LogP) is 7.04. The Kier molecular flexibility index (Phi) is 16.2. The Morgan fingerprint density at radius 1 is 0.875 bits per heavy atom.